The number of ether oxygens (including phenoxy) is 1. The van der Waals surface area contributed by atoms with Crippen LogP contribution in [0.4, 0.5) is 30.6 Å². The molecule has 0 radical (unpaired) electrons. The van der Waals surface area contributed by atoms with Gasteiger partial charge in [0.1, 0.15) is 5.75 Å². The van der Waals surface area contributed by atoms with Crippen molar-refractivity contribution in [1.82, 2.24) is 9.97 Å². The zero-order chi connectivity index (χ0) is 20.9. The maximum atomic E-state index is 12.5. The number of para-hydroxylation sites is 1. The fourth-order valence-corrected chi connectivity index (χ4v) is 3.30. The van der Waals surface area contributed by atoms with Crippen LogP contribution in [0.1, 0.15) is 31.2 Å². The molecule has 3 rings (SSSR count). The summed E-state index contributed by atoms with van der Waals surface area (Å²) in [6.07, 6.45) is 0.844. The van der Waals surface area contributed by atoms with Crippen molar-refractivity contribution in [1.29, 1.82) is 0 Å². The van der Waals surface area contributed by atoms with Gasteiger partial charge in [-0.05, 0) is 37.7 Å². The molecule has 158 valence electrons. The van der Waals surface area contributed by atoms with E-state index in [0.29, 0.717) is 23.0 Å². The Morgan fingerprint density at radius 1 is 1.10 bits per heavy atom. The summed E-state index contributed by atoms with van der Waals surface area (Å²) in [5.41, 5.74) is 12.6. The summed E-state index contributed by atoms with van der Waals surface area (Å²) in [6, 6.07) is 6.20. The molecule has 2 aromatic rings. The Bertz CT molecular complexity index is 809. The molecule has 1 aliphatic carbocycles. The number of hydrogen-bond acceptors (Lipinski definition) is 7. The number of nitrogen functional groups attached to an aromatic ring is 1. The highest BCUT2D eigenvalue weighted by Gasteiger charge is 2.32. The first kappa shape index (κ1) is 21.0. The molecular weight excluding hydrogens is 385 g/mol. The minimum Gasteiger partial charge on any atom is -0.405 e. The summed E-state index contributed by atoms with van der Waals surface area (Å²) in [4.78, 5) is 8.44. The summed E-state index contributed by atoms with van der Waals surface area (Å²) in [7, 11) is 0. The van der Waals surface area contributed by atoms with E-state index in [4.69, 9.17) is 11.5 Å². The second kappa shape index (κ2) is 9.17. The van der Waals surface area contributed by atoms with Gasteiger partial charge in [0.05, 0.1) is 11.9 Å². The standard InChI is InChI=1S/C19H25F3N6O/c20-19(21,22)29-16-4-2-1-3-13(16)10-26-18-27-11-15(24)17(28-18)25-9-12-5-7-14(23)8-6-12/h1-4,11-12,14H,5-10,23-24H2,(H2,25,26,27,28). The van der Waals surface area contributed by atoms with Crippen molar-refractivity contribution in [2.75, 3.05) is 22.9 Å². The molecule has 0 bridgehead atoms. The Morgan fingerprint density at radius 3 is 2.55 bits per heavy atom. The van der Waals surface area contributed by atoms with E-state index in [9.17, 15) is 13.2 Å². The molecule has 1 heterocycles. The van der Waals surface area contributed by atoms with E-state index in [1.807, 2.05) is 0 Å². The molecule has 1 fully saturated rings. The van der Waals surface area contributed by atoms with Crippen molar-refractivity contribution in [2.45, 2.75) is 44.6 Å². The average molecular weight is 410 g/mol. The second-order valence-corrected chi connectivity index (χ2v) is 7.17. The van der Waals surface area contributed by atoms with Crippen LogP contribution in [0, 0.1) is 5.92 Å². The molecule has 1 aliphatic rings. The third-order valence-electron chi connectivity index (χ3n) is 4.90. The summed E-state index contributed by atoms with van der Waals surface area (Å²) in [6.45, 7) is 0.797. The van der Waals surface area contributed by atoms with Crippen LogP contribution in [0.5, 0.6) is 5.75 Å². The zero-order valence-electron chi connectivity index (χ0n) is 15.9. The predicted octanol–water partition coefficient (Wildman–Crippen LogP) is 3.50. The molecule has 7 nitrogen and oxygen atoms in total. The number of anilines is 3. The Kier molecular flexibility index (Phi) is 6.63. The first-order valence-electron chi connectivity index (χ1n) is 9.49. The Balaban J connectivity index is 1.60. The number of benzene rings is 1. The van der Waals surface area contributed by atoms with Gasteiger partial charge in [0.2, 0.25) is 5.95 Å². The fraction of sp³-hybridized carbons (Fsp3) is 0.474. The van der Waals surface area contributed by atoms with E-state index in [0.717, 1.165) is 32.2 Å². The highest BCUT2D eigenvalue weighted by molar-refractivity contribution is 5.61. The lowest BCUT2D eigenvalue weighted by Gasteiger charge is -2.26. The highest BCUT2D eigenvalue weighted by Crippen LogP contribution is 2.27. The van der Waals surface area contributed by atoms with Gasteiger partial charge in [-0.3, -0.25) is 0 Å². The smallest absolute Gasteiger partial charge is 0.405 e. The third-order valence-corrected chi connectivity index (χ3v) is 4.90. The SMILES string of the molecule is Nc1cnc(NCc2ccccc2OC(F)(F)F)nc1NCC1CCC(N)CC1. The van der Waals surface area contributed by atoms with Crippen LogP contribution in [0.2, 0.25) is 0 Å². The van der Waals surface area contributed by atoms with Crippen LogP contribution < -0.4 is 26.8 Å². The fourth-order valence-electron chi connectivity index (χ4n) is 3.30. The minimum absolute atomic E-state index is 0.0656. The lowest BCUT2D eigenvalue weighted by atomic mass is 9.86. The van der Waals surface area contributed by atoms with E-state index in [-0.39, 0.29) is 24.3 Å². The van der Waals surface area contributed by atoms with Gasteiger partial charge in [-0.15, -0.1) is 13.2 Å². The molecule has 0 aliphatic heterocycles. The highest BCUT2D eigenvalue weighted by atomic mass is 19.4. The van der Waals surface area contributed by atoms with Gasteiger partial charge < -0.3 is 26.8 Å². The topological polar surface area (TPSA) is 111 Å². The van der Waals surface area contributed by atoms with Gasteiger partial charge in [0.25, 0.3) is 0 Å². The van der Waals surface area contributed by atoms with Gasteiger partial charge >= 0.3 is 6.36 Å². The monoisotopic (exact) mass is 410 g/mol. The molecule has 0 atom stereocenters. The first-order chi connectivity index (χ1) is 13.8. The number of halogens is 3. The molecule has 10 heteroatoms. The van der Waals surface area contributed by atoms with Crippen molar-refractivity contribution in [3.8, 4) is 5.75 Å². The van der Waals surface area contributed by atoms with Gasteiger partial charge in [-0.1, -0.05) is 18.2 Å². The Morgan fingerprint density at radius 2 is 1.83 bits per heavy atom. The summed E-state index contributed by atoms with van der Waals surface area (Å²) >= 11 is 0. The molecule has 29 heavy (non-hydrogen) atoms. The van der Waals surface area contributed by atoms with Crippen LogP contribution in [-0.4, -0.2) is 28.9 Å². The first-order valence-corrected chi connectivity index (χ1v) is 9.49. The van der Waals surface area contributed by atoms with Crippen molar-refractivity contribution >= 4 is 17.5 Å². The van der Waals surface area contributed by atoms with Crippen molar-refractivity contribution < 1.29 is 17.9 Å². The number of nitrogens with two attached hydrogens (primary N) is 2. The maximum Gasteiger partial charge on any atom is 0.573 e. The van der Waals surface area contributed by atoms with Crippen LogP contribution in [0.15, 0.2) is 30.5 Å². The molecule has 0 unspecified atom stereocenters. The van der Waals surface area contributed by atoms with Crippen LogP contribution in [0.3, 0.4) is 0 Å². The average Bonchev–Trinajstić information content (AvgIpc) is 2.67. The lowest BCUT2D eigenvalue weighted by molar-refractivity contribution is -0.274. The molecule has 1 aromatic heterocycles. The van der Waals surface area contributed by atoms with Gasteiger partial charge in [-0.25, -0.2) is 4.98 Å². The third kappa shape index (κ3) is 6.38. The largest absolute Gasteiger partial charge is 0.573 e. The van der Waals surface area contributed by atoms with Gasteiger partial charge in [0.15, 0.2) is 5.82 Å². The summed E-state index contributed by atoms with van der Waals surface area (Å²) < 4.78 is 41.7. The van der Waals surface area contributed by atoms with Crippen molar-refractivity contribution in [3.63, 3.8) is 0 Å². The molecule has 6 N–H and O–H groups in total. The predicted molar refractivity (Wildman–Crippen MR) is 105 cm³/mol. The molecule has 1 saturated carbocycles. The van der Waals surface area contributed by atoms with Crippen LogP contribution >= 0.6 is 0 Å². The summed E-state index contributed by atoms with van der Waals surface area (Å²) in [5.74, 6) is 0.996. The molecule has 0 spiro atoms. The van der Waals surface area contributed by atoms with Crippen LogP contribution in [-0.2, 0) is 6.54 Å². The minimum atomic E-state index is -4.76. The van der Waals surface area contributed by atoms with E-state index in [1.165, 1.54) is 18.3 Å². The van der Waals surface area contributed by atoms with Gasteiger partial charge in [-0.2, -0.15) is 4.98 Å². The quantitative estimate of drug-likeness (QED) is 0.553. The number of alkyl halides is 3. The maximum absolute atomic E-state index is 12.5. The molecule has 0 amide bonds. The number of nitrogens with one attached hydrogen (secondary N) is 2. The van der Waals surface area contributed by atoms with E-state index in [1.54, 1.807) is 12.1 Å². The molecule has 0 saturated heterocycles. The van der Waals surface area contributed by atoms with Crippen LogP contribution in [0.25, 0.3) is 0 Å². The van der Waals surface area contributed by atoms with E-state index in [2.05, 4.69) is 25.3 Å². The number of rotatable bonds is 7. The number of aromatic nitrogens is 2. The summed E-state index contributed by atoms with van der Waals surface area (Å²) in [5, 5.41) is 6.16. The van der Waals surface area contributed by atoms with E-state index >= 15 is 0 Å². The van der Waals surface area contributed by atoms with Crippen molar-refractivity contribution in [3.05, 3.63) is 36.0 Å². The zero-order valence-corrected chi connectivity index (χ0v) is 15.9. The lowest BCUT2D eigenvalue weighted by Crippen LogP contribution is -2.29. The molecule has 1 aromatic carbocycles. The number of hydrogen-bond donors (Lipinski definition) is 4. The molecular formula is C19H25F3N6O. The Labute approximate surface area is 167 Å². The van der Waals surface area contributed by atoms with Gasteiger partial charge in [0, 0.05) is 24.7 Å². The normalized spacial score (nSPS) is 19.6. The van der Waals surface area contributed by atoms with Crippen molar-refractivity contribution in [2.24, 2.45) is 11.7 Å². The van der Waals surface area contributed by atoms with E-state index < -0.39 is 6.36 Å². The second-order valence-electron chi connectivity index (χ2n) is 7.17. The Hall–Kier alpha value is -2.75. The number of nitrogens with zero attached hydrogens (tertiary/aromatic N) is 2.